The average molecular weight is 259 g/mol. The van der Waals surface area contributed by atoms with Gasteiger partial charge in [0.05, 0.1) is 0 Å². The van der Waals surface area contributed by atoms with Crippen molar-refractivity contribution in [2.75, 3.05) is 6.54 Å². The molecule has 1 saturated carbocycles. The lowest BCUT2D eigenvalue weighted by Gasteiger charge is -2.29. The third-order valence-corrected chi connectivity index (χ3v) is 4.81. The number of hydrogen-bond acceptors (Lipinski definition) is 1. The zero-order valence-corrected chi connectivity index (χ0v) is 12.6. The maximum atomic E-state index is 3.80. The molecule has 1 aliphatic rings. The second-order valence-electron chi connectivity index (χ2n) is 6.11. The summed E-state index contributed by atoms with van der Waals surface area (Å²) in [6.45, 7) is 5.80. The van der Waals surface area contributed by atoms with Crippen LogP contribution in [0.3, 0.4) is 0 Å². The quantitative estimate of drug-likeness (QED) is 0.778. The third kappa shape index (κ3) is 4.35. The SMILES string of the molecule is CCC(CNC(C)C1CCCCC1)c1ccccc1. The molecule has 0 heterocycles. The highest BCUT2D eigenvalue weighted by Crippen LogP contribution is 2.27. The van der Waals surface area contributed by atoms with E-state index in [1.807, 2.05) is 0 Å². The molecule has 1 aromatic rings. The Bertz CT molecular complexity index is 340. The van der Waals surface area contributed by atoms with E-state index in [0.717, 1.165) is 12.5 Å². The first-order valence-corrected chi connectivity index (χ1v) is 8.09. The van der Waals surface area contributed by atoms with Crippen LogP contribution < -0.4 is 5.32 Å². The van der Waals surface area contributed by atoms with E-state index in [9.17, 15) is 0 Å². The van der Waals surface area contributed by atoms with Crippen LogP contribution in [-0.4, -0.2) is 12.6 Å². The van der Waals surface area contributed by atoms with Gasteiger partial charge >= 0.3 is 0 Å². The van der Waals surface area contributed by atoms with Crippen molar-refractivity contribution in [1.82, 2.24) is 5.32 Å². The van der Waals surface area contributed by atoms with Crippen molar-refractivity contribution in [3.63, 3.8) is 0 Å². The highest BCUT2D eigenvalue weighted by molar-refractivity contribution is 5.19. The van der Waals surface area contributed by atoms with Crippen LogP contribution in [0.15, 0.2) is 30.3 Å². The van der Waals surface area contributed by atoms with Gasteiger partial charge in [-0.3, -0.25) is 0 Å². The van der Waals surface area contributed by atoms with Crippen molar-refractivity contribution in [3.8, 4) is 0 Å². The fourth-order valence-corrected chi connectivity index (χ4v) is 3.35. The van der Waals surface area contributed by atoms with E-state index < -0.39 is 0 Å². The molecule has 0 aromatic heterocycles. The maximum Gasteiger partial charge on any atom is 0.00672 e. The van der Waals surface area contributed by atoms with Gasteiger partial charge in [-0.2, -0.15) is 0 Å². The first-order valence-electron chi connectivity index (χ1n) is 8.09. The standard InChI is InChI=1S/C18H29N/c1-3-16(18-12-8-5-9-13-18)14-19-15(2)17-10-6-4-7-11-17/h5,8-9,12-13,15-17,19H,3-4,6-7,10-11,14H2,1-2H3. The molecular weight excluding hydrogens is 230 g/mol. The van der Waals surface area contributed by atoms with Gasteiger partial charge in [0.15, 0.2) is 0 Å². The second kappa shape index (κ2) is 7.69. The first-order chi connectivity index (χ1) is 9.31. The molecule has 0 spiro atoms. The molecule has 1 fully saturated rings. The molecule has 2 atom stereocenters. The van der Waals surface area contributed by atoms with Crippen molar-refractivity contribution >= 4 is 0 Å². The molecular formula is C18H29N. The molecule has 1 nitrogen and oxygen atoms in total. The van der Waals surface area contributed by atoms with E-state index in [0.29, 0.717) is 12.0 Å². The summed E-state index contributed by atoms with van der Waals surface area (Å²) in [6, 6.07) is 11.6. The Morgan fingerprint density at radius 2 is 1.79 bits per heavy atom. The molecule has 1 heteroatoms. The number of nitrogens with one attached hydrogen (secondary N) is 1. The minimum atomic E-state index is 0.659. The molecule has 0 bridgehead atoms. The summed E-state index contributed by atoms with van der Waals surface area (Å²) in [4.78, 5) is 0. The van der Waals surface area contributed by atoms with Crippen molar-refractivity contribution in [3.05, 3.63) is 35.9 Å². The monoisotopic (exact) mass is 259 g/mol. The Balaban J connectivity index is 1.82. The smallest absolute Gasteiger partial charge is 0.00672 e. The Labute approximate surface area is 118 Å². The number of benzene rings is 1. The van der Waals surface area contributed by atoms with E-state index in [-0.39, 0.29) is 0 Å². The normalized spacial score (nSPS) is 20.1. The summed E-state index contributed by atoms with van der Waals surface area (Å²) in [6.07, 6.45) is 8.39. The van der Waals surface area contributed by atoms with E-state index >= 15 is 0 Å². The summed E-state index contributed by atoms with van der Waals surface area (Å²) in [7, 11) is 0. The van der Waals surface area contributed by atoms with Crippen LogP contribution >= 0.6 is 0 Å². The molecule has 2 rings (SSSR count). The highest BCUT2D eigenvalue weighted by atomic mass is 14.9. The lowest BCUT2D eigenvalue weighted by molar-refractivity contribution is 0.278. The third-order valence-electron chi connectivity index (χ3n) is 4.81. The summed E-state index contributed by atoms with van der Waals surface area (Å²) in [5, 5.41) is 3.80. The highest BCUT2D eigenvalue weighted by Gasteiger charge is 2.20. The Morgan fingerprint density at radius 3 is 2.42 bits per heavy atom. The molecule has 1 aliphatic carbocycles. The van der Waals surface area contributed by atoms with Gasteiger partial charge in [0.1, 0.15) is 0 Å². The minimum Gasteiger partial charge on any atom is -0.313 e. The van der Waals surface area contributed by atoms with Crippen LogP contribution in [0.2, 0.25) is 0 Å². The van der Waals surface area contributed by atoms with Crippen LogP contribution in [0.4, 0.5) is 0 Å². The van der Waals surface area contributed by atoms with E-state index in [4.69, 9.17) is 0 Å². The van der Waals surface area contributed by atoms with Crippen LogP contribution in [0, 0.1) is 5.92 Å². The van der Waals surface area contributed by atoms with Crippen molar-refractivity contribution < 1.29 is 0 Å². The fraction of sp³-hybridized carbons (Fsp3) is 0.667. The zero-order valence-electron chi connectivity index (χ0n) is 12.6. The second-order valence-corrected chi connectivity index (χ2v) is 6.11. The minimum absolute atomic E-state index is 0.659. The molecule has 1 N–H and O–H groups in total. The van der Waals surface area contributed by atoms with Crippen molar-refractivity contribution in [2.24, 2.45) is 5.92 Å². The topological polar surface area (TPSA) is 12.0 Å². The van der Waals surface area contributed by atoms with Gasteiger partial charge in [0, 0.05) is 12.6 Å². The summed E-state index contributed by atoms with van der Waals surface area (Å²) in [5.74, 6) is 1.56. The van der Waals surface area contributed by atoms with E-state index in [1.54, 1.807) is 0 Å². The lowest BCUT2D eigenvalue weighted by atomic mass is 9.84. The molecule has 106 valence electrons. The molecule has 0 radical (unpaired) electrons. The van der Waals surface area contributed by atoms with Gasteiger partial charge < -0.3 is 5.32 Å². The van der Waals surface area contributed by atoms with Crippen molar-refractivity contribution in [2.45, 2.75) is 64.3 Å². The van der Waals surface area contributed by atoms with Crippen LogP contribution in [0.25, 0.3) is 0 Å². The molecule has 2 unspecified atom stereocenters. The number of rotatable bonds is 6. The predicted octanol–water partition coefficient (Wildman–Crippen LogP) is 4.74. The summed E-state index contributed by atoms with van der Waals surface area (Å²) in [5.41, 5.74) is 1.48. The zero-order chi connectivity index (χ0) is 13.5. The van der Waals surface area contributed by atoms with Gasteiger partial charge in [-0.05, 0) is 43.6 Å². The first kappa shape index (κ1) is 14.6. The maximum absolute atomic E-state index is 3.80. The van der Waals surface area contributed by atoms with Gasteiger partial charge in [-0.1, -0.05) is 56.5 Å². The van der Waals surface area contributed by atoms with E-state index in [2.05, 4.69) is 49.5 Å². The molecule has 0 saturated heterocycles. The van der Waals surface area contributed by atoms with Gasteiger partial charge in [0.2, 0.25) is 0 Å². The molecule has 19 heavy (non-hydrogen) atoms. The van der Waals surface area contributed by atoms with Crippen molar-refractivity contribution in [1.29, 1.82) is 0 Å². The predicted molar refractivity (Wildman–Crippen MR) is 83.5 cm³/mol. The van der Waals surface area contributed by atoms with Gasteiger partial charge in [-0.15, -0.1) is 0 Å². The fourth-order valence-electron chi connectivity index (χ4n) is 3.35. The summed E-state index contributed by atoms with van der Waals surface area (Å²) < 4.78 is 0. The van der Waals surface area contributed by atoms with Crippen LogP contribution in [0.5, 0.6) is 0 Å². The van der Waals surface area contributed by atoms with E-state index in [1.165, 1.54) is 44.1 Å². The molecule has 0 aliphatic heterocycles. The van der Waals surface area contributed by atoms with Crippen LogP contribution in [-0.2, 0) is 0 Å². The Morgan fingerprint density at radius 1 is 1.11 bits per heavy atom. The van der Waals surface area contributed by atoms with Gasteiger partial charge in [-0.25, -0.2) is 0 Å². The largest absolute Gasteiger partial charge is 0.313 e. The summed E-state index contributed by atoms with van der Waals surface area (Å²) >= 11 is 0. The Kier molecular flexibility index (Phi) is 5.91. The average Bonchev–Trinajstić information content (AvgIpc) is 2.49. The van der Waals surface area contributed by atoms with Gasteiger partial charge in [0.25, 0.3) is 0 Å². The lowest BCUT2D eigenvalue weighted by Crippen LogP contribution is -2.37. The van der Waals surface area contributed by atoms with Crippen LogP contribution in [0.1, 0.15) is 63.9 Å². The number of hydrogen-bond donors (Lipinski definition) is 1. The molecule has 0 amide bonds. The molecule has 1 aromatic carbocycles. The Hall–Kier alpha value is -0.820.